The average Bonchev–Trinajstić information content (AvgIpc) is 3.27. The largest absolute Gasteiger partial charge is 4.00 e. The first-order valence-corrected chi connectivity index (χ1v) is 10.6. The van der Waals surface area contributed by atoms with Crippen molar-refractivity contribution in [2.75, 3.05) is 0 Å². The summed E-state index contributed by atoms with van der Waals surface area (Å²) in [5.74, 6) is 1.56. The van der Waals surface area contributed by atoms with Crippen molar-refractivity contribution in [3.8, 4) is 0 Å². The van der Waals surface area contributed by atoms with E-state index in [1.54, 1.807) is 0 Å². The Kier molecular flexibility index (Phi) is 18.5. The first-order valence-electron chi connectivity index (χ1n) is 10.6. The van der Waals surface area contributed by atoms with Gasteiger partial charge in [0.25, 0.3) is 0 Å². The van der Waals surface area contributed by atoms with Gasteiger partial charge in [0.1, 0.15) is 0 Å². The van der Waals surface area contributed by atoms with Gasteiger partial charge in [0.05, 0.1) is 0 Å². The maximum absolute atomic E-state index is 2.38. The Bertz CT molecular complexity index is 532. The summed E-state index contributed by atoms with van der Waals surface area (Å²) in [6, 6.07) is 17.6. The van der Waals surface area contributed by atoms with Gasteiger partial charge in [0.2, 0.25) is 0 Å². The molecule has 2 unspecified atom stereocenters. The summed E-state index contributed by atoms with van der Waals surface area (Å²) < 4.78 is 0. The van der Waals surface area contributed by atoms with Crippen molar-refractivity contribution in [1.82, 2.24) is 0 Å². The van der Waals surface area contributed by atoms with Crippen LogP contribution in [0, 0.1) is 11.8 Å². The Morgan fingerprint density at radius 2 is 0.862 bits per heavy atom. The molecular weight excluding hydrogens is 474 g/mol. The molecule has 0 radical (unpaired) electrons. The normalized spacial score (nSPS) is 14.4. The maximum atomic E-state index is 2.38. The van der Waals surface area contributed by atoms with Crippen LogP contribution in [0.15, 0.2) is 48.5 Å². The van der Waals surface area contributed by atoms with E-state index in [-0.39, 0.29) is 51.0 Å². The SMILES string of the molecule is CCC(C)(CC(C)C)[c-]1cccc1.CCC(C)(CC(C)C)[c-]1cccc1.[Cl-].[Cl-].[Zr+4]. The van der Waals surface area contributed by atoms with Crippen LogP contribution < -0.4 is 24.8 Å². The van der Waals surface area contributed by atoms with Gasteiger partial charge < -0.3 is 24.8 Å². The third-order valence-electron chi connectivity index (χ3n) is 6.00. The molecule has 0 aliphatic carbocycles. The first kappa shape index (κ1) is 33.8. The molecule has 0 saturated heterocycles. The molecule has 2 rings (SSSR count). The van der Waals surface area contributed by atoms with E-state index < -0.39 is 0 Å². The summed E-state index contributed by atoms with van der Waals surface area (Å²) in [6.45, 7) is 18.5. The summed E-state index contributed by atoms with van der Waals surface area (Å²) >= 11 is 0. The molecule has 29 heavy (non-hydrogen) atoms. The van der Waals surface area contributed by atoms with Gasteiger partial charge in [-0.15, -0.1) is 0 Å². The Morgan fingerprint density at radius 3 is 1.03 bits per heavy atom. The molecule has 0 aliphatic heterocycles. The Labute approximate surface area is 213 Å². The third-order valence-corrected chi connectivity index (χ3v) is 6.00. The van der Waals surface area contributed by atoms with Crippen LogP contribution in [0.25, 0.3) is 0 Å². The van der Waals surface area contributed by atoms with Crippen LogP contribution in [0.5, 0.6) is 0 Å². The summed E-state index contributed by atoms with van der Waals surface area (Å²) in [7, 11) is 0. The van der Waals surface area contributed by atoms with E-state index in [0.717, 1.165) is 11.8 Å². The molecule has 2 aromatic carbocycles. The summed E-state index contributed by atoms with van der Waals surface area (Å²) in [6.07, 6.45) is 5.03. The van der Waals surface area contributed by atoms with Crippen molar-refractivity contribution in [2.45, 2.75) is 91.9 Å². The summed E-state index contributed by atoms with van der Waals surface area (Å²) in [4.78, 5) is 0. The third kappa shape index (κ3) is 10.8. The van der Waals surface area contributed by atoms with Crippen molar-refractivity contribution in [3.05, 3.63) is 59.7 Å². The molecule has 0 saturated carbocycles. The molecule has 0 N–H and O–H groups in total. The zero-order chi connectivity index (χ0) is 19.8. The topological polar surface area (TPSA) is 0 Å². The fourth-order valence-corrected chi connectivity index (χ4v) is 4.29. The van der Waals surface area contributed by atoms with Crippen molar-refractivity contribution in [1.29, 1.82) is 0 Å². The minimum absolute atomic E-state index is 0. The van der Waals surface area contributed by atoms with Crippen molar-refractivity contribution >= 4 is 0 Å². The molecule has 0 spiro atoms. The van der Waals surface area contributed by atoms with Crippen molar-refractivity contribution < 1.29 is 51.0 Å². The number of hydrogen-bond acceptors (Lipinski definition) is 0. The molecule has 0 fully saturated rings. The monoisotopic (exact) mass is 514 g/mol. The van der Waals surface area contributed by atoms with Crippen LogP contribution in [0.4, 0.5) is 0 Å². The Morgan fingerprint density at radius 1 is 0.621 bits per heavy atom. The first-order chi connectivity index (χ1) is 12.2. The van der Waals surface area contributed by atoms with E-state index in [1.807, 2.05) is 0 Å². The quantitative estimate of drug-likeness (QED) is 0.472. The van der Waals surface area contributed by atoms with Gasteiger partial charge in [-0.2, -0.15) is 35.4 Å². The van der Waals surface area contributed by atoms with Crippen LogP contribution in [-0.4, -0.2) is 0 Å². The van der Waals surface area contributed by atoms with E-state index in [1.165, 1.54) is 36.8 Å². The van der Waals surface area contributed by atoms with Crippen LogP contribution >= 0.6 is 0 Å². The molecule has 0 aliphatic rings. The molecule has 0 amide bonds. The smallest absolute Gasteiger partial charge is 1.00 e. The molecule has 0 aromatic heterocycles. The molecule has 2 aromatic rings. The van der Waals surface area contributed by atoms with E-state index in [2.05, 4.69) is 104 Å². The van der Waals surface area contributed by atoms with Crippen LogP contribution in [0.3, 0.4) is 0 Å². The zero-order valence-corrected chi connectivity index (χ0v) is 23.8. The van der Waals surface area contributed by atoms with Crippen LogP contribution in [-0.2, 0) is 37.0 Å². The molecule has 3 heteroatoms. The Hall–Kier alpha value is 0.163. The van der Waals surface area contributed by atoms with Gasteiger partial charge in [-0.3, -0.25) is 0 Å². The van der Waals surface area contributed by atoms with E-state index in [0.29, 0.717) is 10.8 Å². The second kappa shape index (κ2) is 15.9. The van der Waals surface area contributed by atoms with Gasteiger partial charge >= 0.3 is 26.2 Å². The fraction of sp³-hybridized carbons (Fsp3) is 0.615. The summed E-state index contributed by atoms with van der Waals surface area (Å²) in [5, 5.41) is 0. The van der Waals surface area contributed by atoms with Gasteiger partial charge in [-0.1, -0.05) is 91.9 Å². The molecule has 164 valence electrons. The minimum Gasteiger partial charge on any atom is -1.00 e. The maximum Gasteiger partial charge on any atom is 4.00 e. The predicted octanol–water partition coefficient (Wildman–Crippen LogP) is 2.24. The second-order valence-electron chi connectivity index (χ2n) is 9.37. The molecule has 0 nitrogen and oxygen atoms in total. The van der Waals surface area contributed by atoms with Crippen molar-refractivity contribution in [2.24, 2.45) is 11.8 Å². The van der Waals surface area contributed by atoms with Gasteiger partial charge in [0.15, 0.2) is 0 Å². The Balaban J connectivity index is -0.000000422. The van der Waals surface area contributed by atoms with Gasteiger partial charge in [-0.25, -0.2) is 24.3 Å². The van der Waals surface area contributed by atoms with Crippen molar-refractivity contribution in [3.63, 3.8) is 0 Å². The van der Waals surface area contributed by atoms with Crippen LogP contribution in [0.1, 0.15) is 92.2 Å². The second-order valence-corrected chi connectivity index (χ2v) is 9.37. The standard InChI is InChI=1S/2C13H21.2ClH.Zr/c2*1-5-13(4,10-11(2)3)12-8-6-7-9-12;;;/h2*6-9,11H,5,10H2,1-4H3;2*1H;/q2*-1;;;+4/p-2. The fourth-order valence-electron chi connectivity index (χ4n) is 4.29. The zero-order valence-electron chi connectivity index (χ0n) is 19.9. The average molecular weight is 517 g/mol. The minimum atomic E-state index is 0. The molecule has 0 bridgehead atoms. The van der Waals surface area contributed by atoms with Gasteiger partial charge in [0, 0.05) is 0 Å². The molecule has 0 heterocycles. The van der Waals surface area contributed by atoms with E-state index in [9.17, 15) is 0 Å². The number of halogens is 2. The van der Waals surface area contributed by atoms with E-state index in [4.69, 9.17) is 0 Å². The van der Waals surface area contributed by atoms with E-state index >= 15 is 0 Å². The summed E-state index contributed by atoms with van der Waals surface area (Å²) in [5.41, 5.74) is 3.78. The van der Waals surface area contributed by atoms with Gasteiger partial charge in [-0.05, 0) is 11.8 Å². The predicted molar refractivity (Wildman–Crippen MR) is 118 cm³/mol. The molecular formula is C26H42Cl2Zr. The molecule has 2 atom stereocenters. The number of rotatable bonds is 8. The van der Waals surface area contributed by atoms with Crippen LogP contribution in [0.2, 0.25) is 0 Å². The number of hydrogen-bond donors (Lipinski definition) is 0.